The minimum Gasteiger partial charge on any atom is -0.493 e. The second-order valence-electron chi connectivity index (χ2n) is 7.72. The summed E-state index contributed by atoms with van der Waals surface area (Å²) in [6.45, 7) is 3.65. The molecule has 0 aromatic heterocycles. The quantitative estimate of drug-likeness (QED) is 0.550. The maximum Gasteiger partial charge on any atom is 0.262 e. The number of amides is 2. The third kappa shape index (κ3) is 7.23. The third-order valence-electron chi connectivity index (χ3n) is 5.30. The molecule has 0 saturated carbocycles. The van der Waals surface area contributed by atoms with E-state index < -0.39 is 5.91 Å². The van der Waals surface area contributed by atoms with E-state index >= 15 is 0 Å². The molecule has 1 saturated heterocycles. The molecule has 8 heteroatoms. The lowest BCUT2D eigenvalue weighted by Gasteiger charge is -2.26. The van der Waals surface area contributed by atoms with Gasteiger partial charge in [-0.05, 0) is 81.4 Å². The molecule has 0 atom stereocenters. The van der Waals surface area contributed by atoms with E-state index in [4.69, 9.17) is 9.47 Å². The maximum absolute atomic E-state index is 12.9. The van der Waals surface area contributed by atoms with Gasteiger partial charge in [-0.1, -0.05) is 6.42 Å². The smallest absolute Gasteiger partial charge is 0.262 e. The maximum atomic E-state index is 12.9. The third-order valence-corrected chi connectivity index (χ3v) is 5.30. The van der Waals surface area contributed by atoms with E-state index in [-0.39, 0.29) is 18.3 Å². The molecule has 0 bridgehead atoms. The average molecular weight is 444 g/mol. The number of anilines is 1. The lowest BCUT2D eigenvalue weighted by Crippen LogP contribution is -2.33. The molecule has 3 rings (SSSR count). The van der Waals surface area contributed by atoms with Crippen molar-refractivity contribution in [3.05, 3.63) is 53.8 Å². The van der Waals surface area contributed by atoms with Crippen molar-refractivity contribution in [2.75, 3.05) is 45.2 Å². The van der Waals surface area contributed by atoms with Crippen molar-refractivity contribution in [3.8, 4) is 11.5 Å². The van der Waals surface area contributed by atoms with Crippen LogP contribution in [0, 0.1) is 5.82 Å². The van der Waals surface area contributed by atoms with Gasteiger partial charge >= 0.3 is 0 Å². The fourth-order valence-electron chi connectivity index (χ4n) is 3.59. The summed E-state index contributed by atoms with van der Waals surface area (Å²) in [5, 5.41) is 5.56. The summed E-state index contributed by atoms with van der Waals surface area (Å²) in [7, 11) is 1.47. The van der Waals surface area contributed by atoms with Crippen LogP contribution in [0.2, 0.25) is 0 Å². The highest BCUT2D eigenvalue weighted by molar-refractivity contribution is 5.95. The van der Waals surface area contributed by atoms with E-state index in [0.717, 1.165) is 26.1 Å². The predicted octanol–water partition coefficient (Wildman–Crippen LogP) is 3.46. The van der Waals surface area contributed by atoms with Crippen LogP contribution < -0.4 is 20.1 Å². The first-order chi connectivity index (χ1) is 15.5. The molecule has 2 N–H and O–H groups in total. The van der Waals surface area contributed by atoms with Gasteiger partial charge < -0.3 is 25.0 Å². The van der Waals surface area contributed by atoms with Crippen LogP contribution in [0.1, 0.15) is 36.0 Å². The summed E-state index contributed by atoms with van der Waals surface area (Å²) < 4.78 is 23.8. The van der Waals surface area contributed by atoms with Gasteiger partial charge in [0.2, 0.25) is 0 Å². The number of nitrogens with one attached hydrogen (secondary N) is 2. The number of rotatable bonds is 10. The first kappa shape index (κ1) is 23.5. The molecule has 0 spiro atoms. The zero-order valence-corrected chi connectivity index (χ0v) is 18.4. The molecule has 1 heterocycles. The molecule has 0 aliphatic carbocycles. The summed E-state index contributed by atoms with van der Waals surface area (Å²) in [5.74, 6) is -0.240. The zero-order valence-electron chi connectivity index (χ0n) is 18.4. The number of methoxy groups -OCH3 is 1. The Balaban J connectivity index is 1.45. The molecule has 0 unspecified atom stereocenters. The van der Waals surface area contributed by atoms with Crippen molar-refractivity contribution in [3.63, 3.8) is 0 Å². The molecular weight excluding hydrogens is 413 g/mol. The Morgan fingerprint density at radius 2 is 1.78 bits per heavy atom. The van der Waals surface area contributed by atoms with Crippen LogP contribution >= 0.6 is 0 Å². The summed E-state index contributed by atoms with van der Waals surface area (Å²) >= 11 is 0. The number of halogens is 1. The first-order valence-electron chi connectivity index (χ1n) is 10.9. The molecule has 2 amide bonds. The molecule has 172 valence electrons. The number of hydrogen-bond acceptors (Lipinski definition) is 5. The highest BCUT2D eigenvalue weighted by Crippen LogP contribution is 2.28. The Labute approximate surface area is 187 Å². The summed E-state index contributed by atoms with van der Waals surface area (Å²) in [6, 6.07) is 10.3. The van der Waals surface area contributed by atoms with Crippen molar-refractivity contribution in [1.29, 1.82) is 0 Å². The molecule has 7 nitrogen and oxygen atoms in total. The van der Waals surface area contributed by atoms with Crippen molar-refractivity contribution in [2.24, 2.45) is 0 Å². The van der Waals surface area contributed by atoms with Gasteiger partial charge in [0.15, 0.2) is 18.1 Å². The lowest BCUT2D eigenvalue weighted by atomic mass is 10.1. The fourth-order valence-corrected chi connectivity index (χ4v) is 3.59. The van der Waals surface area contributed by atoms with Gasteiger partial charge in [-0.15, -0.1) is 0 Å². The van der Waals surface area contributed by atoms with Crippen LogP contribution in [0.25, 0.3) is 0 Å². The van der Waals surface area contributed by atoms with Gasteiger partial charge in [0, 0.05) is 17.8 Å². The van der Waals surface area contributed by atoms with Crippen LogP contribution in [0.3, 0.4) is 0 Å². The number of benzene rings is 2. The summed E-state index contributed by atoms with van der Waals surface area (Å²) in [6.07, 6.45) is 4.74. The Morgan fingerprint density at radius 3 is 2.50 bits per heavy atom. The van der Waals surface area contributed by atoms with E-state index in [0.29, 0.717) is 29.3 Å². The fraction of sp³-hybridized carbons (Fsp3) is 0.417. The van der Waals surface area contributed by atoms with E-state index in [9.17, 15) is 14.0 Å². The predicted molar refractivity (Wildman–Crippen MR) is 121 cm³/mol. The molecule has 1 aliphatic heterocycles. The van der Waals surface area contributed by atoms with Crippen LogP contribution in [0.15, 0.2) is 42.5 Å². The van der Waals surface area contributed by atoms with Crippen LogP contribution in [-0.2, 0) is 4.79 Å². The SMILES string of the molecule is COc1cc(C(=O)NCCCN2CCCCC2)ccc1OCC(=O)Nc1ccc(F)cc1. The topological polar surface area (TPSA) is 79.9 Å². The molecule has 1 aliphatic rings. The largest absolute Gasteiger partial charge is 0.493 e. The van der Waals surface area contributed by atoms with Crippen molar-refractivity contribution in [1.82, 2.24) is 10.2 Å². The van der Waals surface area contributed by atoms with Gasteiger partial charge in [0.25, 0.3) is 11.8 Å². The number of hydrogen-bond donors (Lipinski definition) is 2. The van der Waals surface area contributed by atoms with Crippen LogP contribution in [-0.4, -0.2) is 56.6 Å². The van der Waals surface area contributed by atoms with Crippen molar-refractivity contribution < 1.29 is 23.5 Å². The highest BCUT2D eigenvalue weighted by atomic mass is 19.1. The second-order valence-corrected chi connectivity index (χ2v) is 7.72. The Bertz CT molecular complexity index is 899. The zero-order chi connectivity index (χ0) is 22.8. The summed E-state index contributed by atoms with van der Waals surface area (Å²) in [5.41, 5.74) is 0.933. The van der Waals surface area contributed by atoms with E-state index in [1.54, 1.807) is 18.2 Å². The summed E-state index contributed by atoms with van der Waals surface area (Å²) in [4.78, 5) is 27.0. The molecule has 2 aromatic carbocycles. The monoisotopic (exact) mass is 443 g/mol. The van der Waals surface area contributed by atoms with E-state index in [1.165, 1.54) is 50.6 Å². The van der Waals surface area contributed by atoms with Gasteiger partial charge in [-0.25, -0.2) is 4.39 Å². The van der Waals surface area contributed by atoms with Gasteiger partial charge in [0.05, 0.1) is 7.11 Å². The first-order valence-corrected chi connectivity index (χ1v) is 10.9. The Morgan fingerprint density at radius 1 is 1.03 bits per heavy atom. The Kier molecular flexibility index (Phi) is 8.86. The molecule has 32 heavy (non-hydrogen) atoms. The number of nitrogens with zero attached hydrogens (tertiary/aromatic N) is 1. The van der Waals surface area contributed by atoms with Gasteiger partial charge in [0.1, 0.15) is 5.82 Å². The van der Waals surface area contributed by atoms with Crippen LogP contribution in [0.5, 0.6) is 11.5 Å². The normalized spacial score (nSPS) is 13.9. The number of likely N-dealkylation sites (tertiary alicyclic amines) is 1. The number of piperidine rings is 1. The average Bonchev–Trinajstić information content (AvgIpc) is 2.82. The number of carbonyl (C=O) groups excluding carboxylic acids is 2. The number of carbonyl (C=O) groups is 2. The number of ether oxygens (including phenoxy) is 2. The minimum absolute atomic E-state index is 0.178. The second kappa shape index (κ2) is 12.0. The molecule has 0 radical (unpaired) electrons. The van der Waals surface area contributed by atoms with Crippen molar-refractivity contribution >= 4 is 17.5 Å². The van der Waals surface area contributed by atoms with E-state index in [1.807, 2.05) is 0 Å². The Hall–Kier alpha value is -3.13. The minimum atomic E-state index is -0.394. The molecule has 1 fully saturated rings. The molecular formula is C24H30FN3O4. The molecule has 2 aromatic rings. The van der Waals surface area contributed by atoms with Crippen molar-refractivity contribution in [2.45, 2.75) is 25.7 Å². The van der Waals surface area contributed by atoms with Gasteiger partial charge in [-0.2, -0.15) is 0 Å². The standard InChI is InChI=1S/C24H30FN3O4/c1-31-22-16-18(24(30)26-12-5-15-28-13-3-2-4-14-28)6-11-21(22)32-17-23(29)27-20-9-7-19(25)8-10-20/h6-11,16H,2-5,12-15,17H2,1H3,(H,26,30)(H,27,29). The van der Waals surface area contributed by atoms with Crippen LogP contribution in [0.4, 0.5) is 10.1 Å². The highest BCUT2D eigenvalue weighted by Gasteiger charge is 2.13. The van der Waals surface area contributed by atoms with E-state index in [2.05, 4.69) is 15.5 Å². The lowest BCUT2D eigenvalue weighted by molar-refractivity contribution is -0.118. The van der Waals surface area contributed by atoms with Gasteiger partial charge in [-0.3, -0.25) is 9.59 Å².